The van der Waals surface area contributed by atoms with Crippen LogP contribution in [0, 0.1) is 0 Å². The van der Waals surface area contributed by atoms with Crippen molar-refractivity contribution < 1.29 is 9.59 Å². The molecule has 1 fully saturated rings. The van der Waals surface area contributed by atoms with E-state index in [0.29, 0.717) is 17.9 Å². The van der Waals surface area contributed by atoms with Gasteiger partial charge in [0.1, 0.15) is 0 Å². The summed E-state index contributed by atoms with van der Waals surface area (Å²) in [6.45, 7) is 3.86. The maximum Gasteiger partial charge on any atom is 0.300 e. The first kappa shape index (κ1) is 16.2. The number of aromatic nitrogens is 1. The number of amides is 1. The van der Waals surface area contributed by atoms with Crippen LogP contribution in [0.5, 0.6) is 0 Å². The third-order valence-electron chi connectivity index (χ3n) is 4.68. The van der Waals surface area contributed by atoms with Gasteiger partial charge in [-0.3, -0.25) is 24.4 Å². The minimum absolute atomic E-state index is 0.424. The average molecular weight is 401 g/mol. The molecule has 128 valence electrons. The van der Waals surface area contributed by atoms with Gasteiger partial charge in [-0.1, -0.05) is 6.07 Å². The smallest absolute Gasteiger partial charge is 0.300 e. The van der Waals surface area contributed by atoms with Crippen LogP contribution < -0.4 is 9.80 Å². The Morgan fingerprint density at radius 3 is 2.44 bits per heavy atom. The highest BCUT2D eigenvalue weighted by Crippen LogP contribution is 2.36. The van der Waals surface area contributed by atoms with E-state index >= 15 is 0 Å². The first-order chi connectivity index (χ1) is 12.1. The van der Waals surface area contributed by atoms with Crippen molar-refractivity contribution in [1.82, 2.24) is 9.88 Å². The van der Waals surface area contributed by atoms with Crippen LogP contribution in [0.3, 0.4) is 0 Å². The molecule has 0 bridgehead atoms. The number of para-hydroxylation sites is 1. The van der Waals surface area contributed by atoms with E-state index in [9.17, 15) is 9.59 Å². The lowest BCUT2D eigenvalue weighted by atomic mass is 10.1. The van der Waals surface area contributed by atoms with Gasteiger partial charge in [-0.15, -0.1) is 0 Å². The Labute approximate surface area is 154 Å². The van der Waals surface area contributed by atoms with Crippen molar-refractivity contribution in [3.8, 4) is 0 Å². The zero-order valence-corrected chi connectivity index (χ0v) is 15.1. The van der Waals surface area contributed by atoms with Gasteiger partial charge in [-0.05, 0) is 40.2 Å². The Balaban J connectivity index is 1.46. The Morgan fingerprint density at radius 2 is 1.72 bits per heavy atom. The Kier molecular flexibility index (Phi) is 4.27. The van der Waals surface area contributed by atoms with Crippen LogP contribution in [-0.4, -0.2) is 54.4 Å². The number of nitrogens with zero attached hydrogens (tertiary/aromatic N) is 4. The van der Waals surface area contributed by atoms with Gasteiger partial charge in [0.05, 0.1) is 17.9 Å². The Morgan fingerprint density at radius 1 is 1.00 bits per heavy atom. The number of piperazine rings is 1. The summed E-state index contributed by atoms with van der Waals surface area (Å²) in [6.07, 6.45) is 3.59. The van der Waals surface area contributed by atoms with Crippen molar-refractivity contribution in [2.45, 2.75) is 0 Å². The molecule has 1 aromatic carbocycles. The summed E-state index contributed by atoms with van der Waals surface area (Å²) >= 11 is 3.47. The average Bonchev–Trinajstić information content (AvgIpc) is 2.89. The summed E-state index contributed by atoms with van der Waals surface area (Å²) in [5.41, 5.74) is 2.33. The third kappa shape index (κ3) is 2.94. The van der Waals surface area contributed by atoms with Gasteiger partial charge in [0.25, 0.3) is 5.78 Å². The fraction of sp³-hybridized carbons (Fsp3) is 0.278. The lowest BCUT2D eigenvalue weighted by Gasteiger charge is -2.37. The number of benzene rings is 1. The van der Waals surface area contributed by atoms with E-state index in [1.54, 1.807) is 29.4 Å². The molecule has 3 heterocycles. The number of halogens is 1. The van der Waals surface area contributed by atoms with Crippen molar-refractivity contribution >= 4 is 39.0 Å². The summed E-state index contributed by atoms with van der Waals surface area (Å²) < 4.78 is 0.777. The molecule has 1 aromatic heterocycles. The minimum Gasteiger partial charge on any atom is -0.369 e. The molecule has 2 aliphatic rings. The number of pyridine rings is 1. The molecule has 2 aliphatic heterocycles. The van der Waals surface area contributed by atoms with E-state index in [0.717, 1.165) is 36.3 Å². The predicted octanol–water partition coefficient (Wildman–Crippen LogP) is 2.15. The SMILES string of the molecule is O=C1C(=O)N(CN2CCN(c3ccncc3)CC2)c2c(Br)cccc21. The van der Waals surface area contributed by atoms with Crippen molar-refractivity contribution in [3.63, 3.8) is 0 Å². The molecule has 0 atom stereocenters. The lowest BCUT2D eigenvalue weighted by Crippen LogP contribution is -2.51. The molecule has 25 heavy (non-hydrogen) atoms. The topological polar surface area (TPSA) is 56.8 Å². The zero-order chi connectivity index (χ0) is 17.4. The summed E-state index contributed by atoms with van der Waals surface area (Å²) in [7, 11) is 0. The number of carbonyl (C=O) groups is 2. The van der Waals surface area contributed by atoms with E-state index in [1.165, 1.54) is 0 Å². The number of hydrogen-bond acceptors (Lipinski definition) is 5. The maximum absolute atomic E-state index is 12.4. The molecule has 0 N–H and O–H groups in total. The van der Waals surface area contributed by atoms with E-state index in [-0.39, 0.29) is 0 Å². The van der Waals surface area contributed by atoms with E-state index in [1.807, 2.05) is 18.2 Å². The molecule has 0 unspecified atom stereocenters. The molecule has 0 spiro atoms. The molecule has 7 heteroatoms. The molecule has 1 amide bonds. The second kappa shape index (κ2) is 6.57. The summed E-state index contributed by atoms with van der Waals surface area (Å²) in [5.74, 6) is -0.870. The second-order valence-corrected chi connectivity index (χ2v) is 7.00. The number of fused-ring (bicyclic) bond motifs is 1. The van der Waals surface area contributed by atoms with Gasteiger partial charge in [-0.2, -0.15) is 0 Å². The fourth-order valence-electron chi connectivity index (χ4n) is 3.35. The third-order valence-corrected chi connectivity index (χ3v) is 5.32. The molecule has 6 nitrogen and oxygen atoms in total. The van der Waals surface area contributed by atoms with Crippen molar-refractivity contribution in [2.24, 2.45) is 0 Å². The lowest BCUT2D eigenvalue weighted by molar-refractivity contribution is -0.114. The van der Waals surface area contributed by atoms with Crippen LogP contribution in [0.1, 0.15) is 10.4 Å². The molecule has 0 saturated carbocycles. The van der Waals surface area contributed by atoms with Crippen LogP contribution in [0.2, 0.25) is 0 Å². The number of anilines is 2. The molecule has 4 rings (SSSR count). The monoisotopic (exact) mass is 400 g/mol. The second-order valence-electron chi connectivity index (χ2n) is 6.15. The molecule has 2 aromatic rings. The van der Waals surface area contributed by atoms with Crippen LogP contribution >= 0.6 is 15.9 Å². The van der Waals surface area contributed by atoms with Gasteiger partial charge in [0, 0.05) is 48.7 Å². The molecular weight excluding hydrogens is 384 g/mol. The Bertz CT molecular complexity index is 819. The van der Waals surface area contributed by atoms with E-state index in [4.69, 9.17) is 0 Å². The maximum atomic E-state index is 12.4. The zero-order valence-electron chi connectivity index (χ0n) is 13.6. The number of rotatable bonds is 3. The minimum atomic E-state index is -0.446. The summed E-state index contributed by atoms with van der Waals surface area (Å²) in [4.78, 5) is 34.7. The van der Waals surface area contributed by atoms with Crippen LogP contribution in [0.15, 0.2) is 47.2 Å². The van der Waals surface area contributed by atoms with Gasteiger partial charge in [-0.25, -0.2) is 0 Å². The highest BCUT2D eigenvalue weighted by molar-refractivity contribution is 9.10. The predicted molar refractivity (Wildman–Crippen MR) is 98.8 cm³/mol. The first-order valence-electron chi connectivity index (χ1n) is 8.17. The number of carbonyl (C=O) groups excluding carboxylic acids is 2. The molecular formula is C18H17BrN4O2. The largest absolute Gasteiger partial charge is 0.369 e. The number of hydrogen-bond donors (Lipinski definition) is 0. The standard InChI is InChI=1S/C18H17BrN4O2/c19-15-3-1-2-14-16(15)23(18(25)17(14)24)12-21-8-10-22(11-9-21)13-4-6-20-7-5-13/h1-7H,8-12H2. The van der Waals surface area contributed by atoms with Gasteiger partial charge in [0.15, 0.2) is 0 Å². The fourth-order valence-corrected chi connectivity index (χ4v) is 3.93. The van der Waals surface area contributed by atoms with Crippen LogP contribution in [-0.2, 0) is 4.79 Å². The van der Waals surface area contributed by atoms with E-state index < -0.39 is 11.7 Å². The van der Waals surface area contributed by atoms with E-state index in [2.05, 4.69) is 30.7 Å². The molecule has 0 radical (unpaired) electrons. The van der Waals surface area contributed by atoms with Gasteiger partial charge >= 0.3 is 5.91 Å². The van der Waals surface area contributed by atoms with Crippen LogP contribution in [0.25, 0.3) is 0 Å². The van der Waals surface area contributed by atoms with Crippen molar-refractivity contribution in [3.05, 3.63) is 52.8 Å². The molecule has 1 saturated heterocycles. The quantitative estimate of drug-likeness (QED) is 0.738. The van der Waals surface area contributed by atoms with Gasteiger partial charge in [0.2, 0.25) is 0 Å². The number of Topliss-reactive ketones (excluding diaryl/α,β-unsaturated/α-hetero) is 1. The van der Waals surface area contributed by atoms with Crippen LogP contribution in [0.4, 0.5) is 11.4 Å². The van der Waals surface area contributed by atoms with Crippen molar-refractivity contribution in [1.29, 1.82) is 0 Å². The Hall–Kier alpha value is -2.25. The van der Waals surface area contributed by atoms with Gasteiger partial charge < -0.3 is 4.90 Å². The highest BCUT2D eigenvalue weighted by atomic mass is 79.9. The summed E-state index contributed by atoms with van der Waals surface area (Å²) in [5, 5.41) is 0. The summed E-state index contributed by atoms with van der Waals surface area (Å²) in [6, 6.07) is 9.36. The first-order valence-corrected chi connectivity index (χ1v) is 8.96. The number of ketones is 1. The normalized spacial score (nSPS) is 18.0. The van der Waals surface area contributed by atoms with Crippen molar-refractivity contribution in [2.75, 3.05) is 42.6 Å². The molecule has 0 aliphatic carbocycles. The highest BCUT2D eigenvalue weighted by Gasteiger charge is 2.38.